The quantitative estimate of drug-likeness (QED) is 0.391. The van der Waals surface area contributed by atoms with Crippen LogP contribution in [0.5, 0.6) is 0 Å². The van der Waals surface area contributed by atoms with Crippen molar-refractivity contribution in [2.45, 2.75) is 6.54 Å². The zero-order valence-corrected chi connectivity index (χ0v) is 11.6. The average Bonchev–Trinajstić information content (AvgIpc) is 2.47. The molecule has 0 atom stereocenters. The monoisotopic (exact) mass is 305 g/mol. The fourth-order valence-corrected chi connectivity index (χ4v) is 1.69. The second-order valence-corrected chi connectivity index (χ2v) is 4.52. The van der Waals surface area contributed by atoms with Crippen molar-refractivity contribution in [3.63, 3.8) is 0 Å². The first-order valence-corrected chi connectivity index (χ1v) is 6.35. The Hall–Kier alpha value is -2.67. The Bertz CT molecular complexity index is 673. The number of aromatic nitrogens is 1. The molecule has 0 saturated heterocycles. The van der Waals surface area contributed by atoms with Crippen molar-refractivity contribution < 1.29 is 4.92 Å². The van der Waals surface area contributed by atoms with Crippen LogP contribution in [0.4, 0.5) is 11.5 Å². The van der Waals surface area contributed by atoms with Crippen LogP contribution >= 0.6 is 11.6 Å². The van der Waals surface area contributed by atoms with Crippen molar-refractivity contribution in [1.29, 1.82) is 0 Å². The third-order valence-electron chi connectivity index (χ3n) is 2.57. The lowest BCUT2D eigenvalue weighted by Crippen LogP contribution is -2.23. The Labute approximate surface area is 125 Å². The van der Waals surface area contributed by atoms with Gasteiger partial charge in [-0.2, -0.15) is 0 Å². The molecule has 0 radical (unpaired) electrons. The van der Waals surface area contributed by atoms with E-state index in [1.807, 2.05) is 12.1 Å². The van der Waals surface area contributed by atoms with Crippen LogP contribution in [0.1, 0.15) is 5.56 Å². The first-order chi connectivity index (χ1) is 10.1. The zero-order valence-electron chi connectivity index (χ0n) is 10.9. The number of hydrogen-bond donors (Lipinski definition) is 2. The number of hydrogen-bond acceptors (Lipinski definition) is 4. The van der Waals surface area contributed by atoms with Gasteiger partial charge in [0.1, 0.15) is 0 Å². The standard InChI is InChI=1S/C13H12ClN5O2/c14-10-5-3-9(4-6-10)8-17-13(15)18-12-11(19(20)21)2-1-7-16-12/h1-7H,8H2,(H3,15,16,17,18). The Morgan fingerprint density at radius 3 is 2.76 bits per heavy atom. The van der Waals surface area contributed by atoms with Gasteiger partial charge in [0.2, 0.25) is 5.82 Å². The SMILES string of the molecule is NC(=NCc1ccc(Cl)cc1)Nc1ncccc1[N+](=O)[O-]. The molecule has 0 aliphatic heterocycles. The molecule has 0 aliphatic rings. The van der Waals surface area contributed by atoms with E-state index in [9.17, 15) is 10.1 Å². The number of guanidine groups is 1. The Balaban J connectivity index is 2.07. The highest BCUT2D eigenvalue weighted by molar-refractivity contribution is 6.30. The van der Waals surface area contributed by atoms with Gasteiger partial charge in [-0.3, -0.25) is 10.1 Å². The van der Waals surface area contributed by atoms with Crippen LogP contribution < -0.4 is 11.1 Å². The molecule has 0 bridgehead atoms. The molecular weight excluding hydrogens is 294 g/mol. The van der Waals surface area contributed by atoms with E-state index in [-0.39, 0.29) is 17.5 Å². The number of anilines is 1. The van der Waals surface area contributed by atoms with Crippen LogP contribution in [0.2, 0.25) is 5.02 Å². The van der Waals surface area contributed by atoms with Gasteiger partial charge in [0, 0.05) is 17.3 Å². The third-order valence-corrected chi connectivity index (χ3v) is 2.83. The molecule has 2 rings (SSSR count). The summed E-state index contributed by atoms with van der Waals surface area (Å²) in [5, 5.41) is 14.1. The molecule has 1 aromatic heterocycles. The Kier molecular flexibility index (Phi) is 4.68. The lowest BCUT2D eigenvalue weighted by Gasteiger charge is -2.05. The topological polar surface area (TPSA) is 106 Å². The van der Waals surface area contributed by atoms with Gasteiger partial charge < -0.3 is 11.1 Å². The first-order valence-electron chi connectivity index (χ1n) is 5.97. The number of nitro groups is 1. The van der Waals surface area contributed by atoms with Crippen LogP contribution in [-0.4, -0.2) is 15.9 Å². The van der Waals surface area contributed by atoms with Crippen LogP contribution in [0.15, 0.2) is 47.6 Å². The molecular formula is C13H12ClN5O2. The number of halogens is 1. The summed E-state index contributed by atoms with van der Waals surface area (Å²) in [4.78, 5) is 18.3. The molecule has 3 N–H and O–H groups in total. The molecule has 0 saturated carbocycles. The molecule has 108 valence electrons. The molecule has 0 unspecified atom stereocenters. The minimum Gasteiger partial charge on any atom is -0.370 e. The van der Waals surface area contributed by atoms with Crippen LogP contribution in [0, 0.1) is 10.1 Å². The van der Waals surface area contributed by atoms with Crippen molar-refractivity contribution in [1.82, 2.24) is 4.98 Å². The number of nitrogens with one attached hydrogen (secondary N) is 1. The number of rotatable bonds is 4. The fourth-order valence-electron chi connectivity index (χ4n) is 1.57. The molecule has 8 heteroatoms. The van der Waals surface area contributed by atoms with E-state index in [4.69, 9.17) is 17.3 Å². The maximum Gasteiger partial charge on any atom is 0.311 e. The highest BCUT2D eigenvalue weighted by Gasteiger charge is 2.14. The maximum atomic E-state index is 10.8. The van der Waals surface area contributed by atoms with Gasteiger partial charge in [0.15, 0.2) is 5.96 Å². The predicted molar refractivity (Wildman–Crippen MR) is 81.3 cm³/mol. The lowest BCUT2D eigenvalue weighted by atomic mass is 10.2. The number of nitrogens with two attached hydrogens (primary N) is 1. The van der Waals surface area contributed by atoms with Gasteiger partial charge in [-0.1, -0.05) is 23.7 Å². The fraction of sp³-hybridized carbons (Fsp3) is 0.0769. The van der Waals surface area contributed by atoms with Crippen LogP contribution in [0.3, 0.4) is 0 Å². The number of nitrogens with zero attached hydrogens (tertiary/aromatic N) is 3. The molecule has 0 spiro atoms. The molecule has 21 heavy (non-hydrogen) atoms. The Morgan fingerprint density at radius 2 is 2.10 bits per heavy atom. The highest BCUT2D eigenvalue weighted by atomic mass is 35.5. The van der Waals surface area contributed by atoms with Crippen molar-refractivity contribution in [3.8, 4) is 0 Å². The van der Waals surface area contributed by atoms with E-state index >= 15 is 0 Å². The van der Waals surface area contributed by atoms with E-state index in [1.54, 1.807) is 12.1 Å². The van der Waals surface area contributed by atoms with E-state index in [2.05, 4.69) is 15.3 Å². The van der Waals surface area contributed by atoms with E-state index in [1.165, 1.54) is 18.3 Å². The summed E-state index contributed by atoms with van der Waals surface area (Å²) in [5.41, 5.74) is 6.45. The van der Waals surface area contributed by atoms with Crippen molar-refractivity contribution >= 4 is 29.1 Å². The van der Waals surface area contributed by atoms with Crippen molar-refractivity contribution in [2.75, 3.05) is 5.32 Å². The van der Waals surface area contributed by atoms with Gasteiger partial charge in [0.25, 0.3) is 0 Å². The van der Waals surface area contributed by atoms with Crippen LogP contribution in [0.25, 0.3) is 0 Å². The van der Waals surface area contributed by atoms with E-state index in [0.29, 0.717) is 11.6 Å². The van der Waals surface area contributed by atoms with E-state index < -0.39 is 4.92 Å². The summed E-state index contributed by atoms with van der Waals surface area (Å²) < 4.78 is 0. The van der Waals surface area contributed by atoms with Gasteiger partial charge in [-0.05, 0) is 23.8 Å². The molecule has 7 nitrogen and oxygen atoms in total. The Morgan fingerprint density at radius 1 is 1.38 bits per heavy atom. The number of benzene rings is 1. The summed E-state index contributed by atoms with van der Waals surface area (Å²) in [5.74, 6) is 0.103. The zero-order chi connectivity index (χ0) is 15.2. The summed E-state index contributed by atoms with van der Waals surface area (Å²) in [6.07, 6.45) is 1.43. The minimum absolute atomic E-state index is 0.0479. The van der Waals surface area contributed by atoms with Crippen molar-refractivity contribution in [3.05, 3.63) is 63.3 Å². The summed E-state index contributed by atoms with van der Waals surface area (Å²) in [6.45, 7) is 0.330. The molecule has 0 aliphatic carbocycles. The summed E-state index contributed by atoms with van der Waals surface area (Å²) in [7, 11) is 0. The highest BCUT2D eigenvalue weighted by Crippen LogP contribution is 2.19. The second kappa shape index (κ2) is 6.67. The largest absolute Gasteiger partial charge is 0.370 e. The minimum atomic E-state index is -0.540. The first kappa shape index (κ1) is 14.7. The maximum absolute atomic E-state index is 10.8. The molecule has 0 amide bonds. The third kappa shape index (κ3) is 4.15. The molecule has 2 aromatic rings. The van der Waals surface area contributed by atoms with Gasteiger partial charge in [-0.25, -0.2) is 9.98 Å². The predicted octanol–water partition coefficient (Wildman–Crippen LogP) is 2.57. The van der Waals surface area contributed by atoms with Crippen LogP contribution in [-0.2, 0) is 6.54 Å². The lowest BCUT2D eigenvalue weighted by molar-refractivity contribution is -0.384. The number of pyridine rings is 1. The summed E-state index contributed by atoms with van der Waals surface area (Å²) >= 11 is 5.78. The van der Waals surface area contributed by atoms with E-state index in [0.717, 1.165) is 5.56 Å². The average molecular weight is 306 g/mol. The van der Waals surface area contributed by atoms with Crippen molar-refractivity contribution in [2.24, 2.45) is 10.7 Å². The van der Waals surface area contributed by atoms with Gasteiger partial charge in [-0.15, -0.1) is 0 Å². The molecule has 1 aromatic carbocycles. The molecule has 1 heterocycles. The smallest absolute Gasteiger partial charge is 0.311 e. The molecule has 0 fully saturated rings. The second-order valence-electron chi connectivity index (χ2n) is 4.08. The van der Waals surface area contributed by atoms with Gasteiger partial charge in [0.05, 0.1) is 11.5 Å². The summed E-state index contributed by atoms with van der Waals surface area (Å²) in [6, 6.07) is 9.95. The van der Waals surface area contributed by atoms with Gasteiger partial charge >= 0.3 is 5.69 Å². The number of aliphatic imine (C=N–C) groups is 1. The normalized spacial score (nSPS) is 11.2.